The first-order valence-corrected chi connectivity index (χ1v) is 5.57. The molecule has 1 atom stereocenters. The maximum atomic E-state index is 10.4. The van der Waals surface area contributed by atoms with E-state index in [0.717, 1.165) is 5.57 Å². The Hall–Kier alpha value is -1.09. The van der Waals surface area contributed by atoms with Gasteiger partial charge < -0.3 is 10.2 Å². The lowest BCUT2D eigenvalue weighted by molar-refractivity contribution is -0.136. The van der Waals surface area contributed by atoms with Crippen LogP contribution in [0.3, 0.4) is 0 Å². The normalized spacial score (nSPS) is 25.4. The van der Waals surface area contributed by atoms with Crippen molar-refractivity contribution < 1.29 is 15.0 Å². The molecule has 0 aromatic heterocycles. The topological polar surface area (TPSA) is 57.5 Å². The summed E-state index contributed by atoms with van der Waals surface area (Å²) in [5.74, 6) is -0.786. The van der Waals surface area contributed by atoms with Crippen LogP contribution < -0.4 is 0 Å². The highest BCUT2D eigenvalue weighted by atomic mass is 16.4. The maximum Gasteiger partial charge on any atom is 0.303 e. The molecule has 0 spiro atoms. The van der Waals surface area contributed by atoms with Gasteiger partial charge in [-0.05, 0) is 18.3 Å². The number of hydrogen-bond acceptors (Lipinski definition) is 2. The SMILES string of the molecule is CC(C)(C)C1(O)C=CC(CCC(=O)O)=CC1. The summed E-state index contributed by atoms with van der Waals surface area (Å²) in [5.41, 5.74) is -0.0331. The molecule has 3 heteroatoms. The first-order valence-electron chi connectivity index (χ1n) is 5.57. The van der Waals surface area contributed by atoms with Crippen molar-refractivity contribution >= 4 is 5.97 Å². The molecule has 0 amide bonds. The Morgan fingerprint density at radius 2 is 2.12 bits per heavy atom. The minimum Gasteiger partial charge on any atom is -0.481 e. The van der Waals surface area contributed by atoms with Crippen LogP contribution >= 0.6 is 0 Å². The lowest BCUT2D eigenvalue weighted by Gasteiger charge is -2.39. The Morgan fingerprint density at radius 1 is 1.50 bits per heavy atom. The molecule has 1 unspecified atom stereocenters. The maximum absolute atomic E-state index is 10.4. The largest absolute Gasteiger partial charge is 0.481 e. The van der Waals surface area contributed by atoms with E-state index in [1.54, 1.807) is 6.08 Å². The van der Waals surface area contributed by atoms with Gasteiger partial charge in [-0.25, -0.2) is 0 Å². The van der Waals surface area contributed by atoms with E-state index in [2.05, 4.69) is 0 Å². The van der Waals surface area contributed by atoms with E-state index in [1.807, 2.05) is 32.9 Å². The summed E-state index contributed by atoms with van der Waals surface area (Å²) >= 11 is 0. The molecule has 1 aliphatic carbocycles. The summed E-state index contributed by atoms with van der Waals surface area (Å²) < 4.78 is 0. The Balaban J connectivity index is 2.63. The molecule has 2 N–H and O–H groups in total. The molecule has 16 heavy (non-hydrogen) atoms. The van der Waals surface area contributed by atoms with Gasteiger partial charge in [0.2, 0.25) is 0 Å². The van der Waals surface area contributed by atoms with Crippen LogP contribution in [0.5, 0.6) is 0 Å². The number of carboxylic acids is 1. The molecule has 1 aliphatic rings. The summed E-state index contributed by atoms with van der Waals surface area (Å²) in [6.07, 6.45) is 6.81. The Morgan fingerprint density at radius 3 is 2.50 bits per heavy atom. The monoisotopic (exact) mass is 224 g/mol. The van der Waals surface area contributed by atoms with Crippen LogP contribution in [0.4, 0.5) is 0 Å². The quantitative estimate of drug-likeness (QED) is 0.774. The molecule has 0 saturated heterocycles. The van der Waals surface area contributed by atoms with Gasteiger partial charge in [-0.1, -0.05) is 44.6 Å². The number of aliphatic carboxylic acids is 1. The first kappa shape index (κ1) is 13.0. The van der Waals surface area contributed by atoms with Gasteiger partial charge in [-0.15, -0.1) is 0 Å². The number of hydrogen-bond donors (Lipinski definition) is 2. The third kappa shape index (κ3) is 2.95. The second-order valence-electron chi connectivity index (χ2n) is 5.38. The zero-order valence-electron chi connectivity index (χ0n) is 10.2. The van der Waals surface area contributed by atoms with E-state index in [0.29, 0.717) is 12.8 Å². The fourth-order valence-electron chi connectivity index (χ4n) is 1.66. The van der Waals surface area contributed by atoms with Crippen LogP contribution in [0.2, 0.25) is 0 Å². The van der Waals surface area contributed by atoms with E-state index < -0.39 is 11.6 Å². The fraction of sp³-hybridized carbons (Fsp3) is 0.615. The Kier molecular flexibility index (Phi) is 3.58. The third-order valence-corrected chi connectivity index (χ3v) is 3.17. The summed E-state index contributed by atoms with van der Waals surface area (Å²) in [6, 6.07) is 0. The Bertz CT molecular complexity index is 334. The highest BCUT2D eigenvalue weighted by Gasteiger charge is 2.37. The van der Waals surface area contributed by atoms with Gasteiger partial charge in [0.25, 0.3) is 0 Å². The number of allylic oxidation sites excluding steroid dienone is 2. The minimum atomic E-state index is -0.820. The minimum absolute atomic E-state index is 0.143. The van der Waals surface area contributed by atoms with Crippen LogP contribution in [0.1, 0.15) is 40.0 Å². The Labute approximate surface area is 96.5 Å². The van der Waals surface area contributed by atoms with Crippen LogP contribution in [0, 0.1) is 5.41 Å². The van der Waals surface area contributed by atoms with Gasteiger partial charge in [0.1, 0.15) is 0 Å². The van der Waals surface area contributed by atoms with E-state index in [4.69, 9.17) is 5.11 Å². The standard InChI is InChI=1S/C13H20O3/c1-12(2,3)13(16)8-6-10(7-9-13)4-5-11(14)15/h6-8,16H,4-5,9H2,1-3H3,(H,14,15). The predicted molar refractivity (Wildman–Crippen MR) is 63.1 cm³/mol. The molecule has 0 radical (unpaired) electrons. The van der Waals surface area contributed by atoms with Crippen molar-refractivity contribution in [3.63, 3.8) is 0 Å². The molecule has 0 bridgehead atoms. The summed E-state index contributed by atoms with van der Waals surface area (Å²) in [4.78, 5) is 10.4. The zero-order valence-corrected chi connectivity index (χ0v) is 10.2. The van der Waals surface area contributed by atoms with Gasteiger partial charge in [0, 0.05) is 6.42 Å². The molecule has 0 aromatic rings. The van der Waals surface area contributed by atoms with Crippen molar-refractivity contribution in [1.29, 1.82) is 0 Å². The molecule has 0 fully saturated rings. The first-order chi connectivity index (χ1) is 7.24. The van der Waals surface area contributed by atoms with Crippen molar-refractivity contribution in [3.05, 3.63) is 23.8 Å². The van der Waals surface area contributed by atoms with Gasteiger partial charge in [-0.2, -0.15) is 0 Å². The molecule has 0 saturated carbocycles. The number of aliphatic hydroxyl groups is 1. The number of carboxylic acid groups (broad SMARTS) is 1. The van der Waals surface area contributed by atoms with Crippen molar-refractivity contribution in [1.82, 2.24) is 0 Å². The average molecular weight is 224 g/mol. The van der Waals surface area contributed by atoms with Gasteiger partial charge in [0.15, 0.2) is 0 Å². The molecule has 90 valence electrons. The third-order valence-electron chi connectivity index (χ3n) is 3.17. The van der Waals surface area contributed by atoms with E-state index in [9.17, 15) is 9.90 Å². The summed E-state index contributed by atoms with van der Waals surface area (Å²) in [7, 11) is 0. The second-order valence-corrected chi connectivity index (χ2v) is 5.38. The van der Waals surface area contributed by atoms with Gasteiger partial charge in [-0.3, -0.25) is 4.79 Å². The molecule has 3 nitrogen and oxygen atoms in total. The second kappa shape index (κ2) is 4.42. The lowest BCUT2D eigenvalue weighted by atomic mass is 9.72. The van der Waals surface area contributed by atoms with E-state index >= 15 is 0 Å². The molecular weight excluding hydrogens is 204 g/mol. The summed E-state index contributed by atoms with van der Waals surface area (Å²) in [6.45, 7) is 5.98. The smallest absolute Gasteiger partial charge is 0.303 e. The number of carbonyl (C=O) groups is 1. The van der Waals surface area contributed by atoms with Crippen LogP contribution in [0.15, 0.2) is 23.8 Å². The fourth-order valence-corrected chi connectivity index (χ4v) is 1.66. The average Bonchev–Trinajstić information content (AvgIpc) is 2.15. The van der Waals surface area contributed by atoms with Gasteiger partial charge >= 0.3 is 5.97 Å². The molecule has 0 aromatic carbocycles. The van der Waals surface area contributed by atoms with Crippen molar-refractivity contribution in [2.75, 3.05) is 0 Å². The van der Waals surface area contributed by atoms with Crippen LogP contribution in [0.25, 0.3) is 0 Å². The van der Waals surface area contributed by atoms with Crippen LogP contribution in [-0.4, -0.2) is 21.8 Å². The highest BCUT2D eigenvalue weighted by Crippen LogP contribution is 2.37. The van der Waals surface area contributed by atoms with Crippen molar-refractivity contribution in [2.24, 2.45) is 5.41 Å². The van der Waals surface area contributed by atoms with E-state index in [1.165, 1.54) is 0 Å². The van der Waals surface area contributed by atoms with E-state index in [-0.39, 0.29) is 11.8 Å². The predicted octanol–water partition coefficient (Wildman–Crippen LogP) is 2.51. The van der Waals surface area contributed by atoms with Crippen molar-refractivity contribution in [2.45, 2.75) is 45.6 Å². The lowest BCUT2D eigenvalue weighted by Crippen LogP contribution is -2.41. The van der Waals surface area contributed by atoms with Gasteiger partial charge in [0.05, 0.1) is 5.60 Å². The zero-order chi connectivity index (χ0) is 12.4. The number of rotatable bonds is 3. The molecule has 0 aliphatic heterocycles. The van der Waals surface area contributed by atoms with Crippen molar-refractivity contribution in [3.8, 4) is 0 Å². The van der Waals surface area contributed by atoms with Crippen LogP contribution in [-0.2, 0) is 4.79 Å². The molecule has 0 heterocycles. The summed E-state index contributed by atoms with van der Waals surface area (Å²) in [5, 5.41) is 18.9. The molecule has 1 rings (SSSR count). The molecular formula is C13H20O3. The highest BCUT2D eigenvalue weighted by molar-refractivity contribution is 5.67.